The number of carboxylic acids is 1. The minimum absolute atomic E-state index is 0.163. The van der Waals surface area contributed by atoms with E-state index in [1.54, 1.807) is 12.3 Å². The summed E-state index contributed by atoms with van der Waals surface area (Å²) in [7, 11) is 0. The molecule has 0 radical (unpaired) electrons. The Morgan fingerprint density at radius 2 is 1.79 bits per heavy atom. The zero-order valence-electron chi connectivity index (χ0n) is 12.7. The minimum atomic E-state index is -0.946. The predicted molar refractivity (Wildman–Crippen MR) is 92.2 cm³/mol. The number of hydrogen-bond acceptors (Lipinski definition) is 4. The molecule has 1 N–H and O–H groups in total. The summed E-state index contributed by atoms with van der Waals surface area (Å²) < 4.78 is 0. The number of carboxylic acid groups (broad SMARTS) is 1. The van der Waals surface area contributed by atoms with E-state index in [1.807, 2.05) is 48.5 Å². The third-order valence-electron chi connectivity index (χ3n) is 3.55. The van der Waals surface area contributed by atoms with E-state index in [2.05, 4.69) is 9.98 Å². The van der Waals surface area contributed by atoms with Crippen molar-refractivity contribution in [1.82, 2.24) is 4.98 Å². The number of nitrogens with zero attached hydrogens (tertiary/aromatic N) is 2. The van der Waals surface area contributed by atoms with Crippen molar-refractivity contribution in [2.75, 3.05) is 0 Å². The Bertz CT molecular complexity index is 948. The molecule has 4 rings (SSSR count). The first-order valence-electron chi connectivity index (χ1n) is 7.38. The normalized spacial score (nSPS) is 12.2. The summed E-state index contributed by atoms with van der Waals surface area (Å²) in [4.78, 5) is 29.9. The van der Waals surface area contributed by atoms with Crippen LogP contribution in [0.15, 0.2) is 65.8 Å². The highest BCUT2D eigenvalue weighted by Crippen LogP contribution is 2.22. The number of aliphatic imine (C=N–C) groups is 1. The quantitative estimate of drug-likeness (QED) is 0.737. The molecule has 0 bridgehead atoms. The molecule has 2 aromatic carbocycles. The molecule has 0 aliphatic carbocycles. The Hall–Kier alpha value is -3.34. The molecular formula is C19H14N2O3. The van der Waals surface area contributed by atoms with Crippen LogP contribution in [0.2, 0.25) is 0 Å². The van der Waals surface area contributed by atoms with Gasteiger partial charge in [-0.25, -0.2) is 4.79 Å². The van der Waals surface area contributed by atoms with Gasteiger partial charge < -0.3 is 5.11 Å². The molecule has 5 nitrogen and oxygen atoms in total. The van der Waals surface area contributed by atoms with Gasteiger partial charge in [-0.3, -0.25) is 14.8 Å². The van der Waals surface area contributed by atoms with Crippen LogP contribution in [-0.4, -0.2) is 28.1 Å². The fourth-order valence-corrected chi connectivity index (χ4v) is 2.35. The van der Waals surface area contributed by atoms with Gasteiger partial charge in [-0.1, -0.05) is 30.3 Å². The second-order valence-electron chi connectivity index (χ2n) is 5.18. The molecule has 3 aromatic rings. The maximum atomic E-state index is 11.2. The Balaban J connectivity index is 0.000000143. The molecule has 5 heteroatoms. The second kappa shape index (κ2) is 6.83. The van der Waals surface area contributed by atoms with E-state index in [-0.39, 0.29) is 11.3 Å². The van der Waals surface area contributed by atoms with E-state index in [0.29, 0.717) is 6.42 Å². The number of aromatic carboxylic acids is 1. The lowest BCUT2D eigenvalue weighted by Crippen LogP contribution is -2.03. The van der Waals surface area contributed by atoms with Crippen molar-refractivity contribution < 1.29 is 14.7 Å². The number of Topliss-reactive ketones (excluding diaryl/α,β-unsaturated/α-hetero) is 1. The summed E-state index contributed by atoms with van der Waals surface area (Å²) in [6.45, 7) is 0. The highest BCUT2D eigenvalue weighted by atomic mass is 16.4. The third kappa shape index (κ3) is 3.35. The van der Waals surface area contributed by atoms with Crippen molar-refractivity contribution in [1.29, 1.82) is 0 Å². The molecule has 0 unspecified atom stereocenters. The maximum absolute atomic E-state index is 11.2. The number of fused-ring (bicyclic) bond motifs is 2. The van der Waals surface area contributed by atoms with Crippen molar-refractivity contribution in [2.45, 2.75) is 6.42 Å². The standard InChI is InChI=1S/C10H7NO2.C9H7NO/c12-10(13)8-5-7-3-1-2-4-9(7)11-6-8;11-9-5-6-10-8-4-2-1-3-7(8)9/h1-6H,(H,12,13);1-4,6H,5H2. The number of aromatic nitrogens is 1. The molecule has 0 spiro atoms. The average Bonchev–Trinajstić information content (AvgIpc) is 2.62. The molecule has 2 heterocycles. The maximum Gasteiger partial charge on any atom is 0.337 e. The van der Waals surface area contributed by atoms with E-state index in [1.165, 1.54) is 6.20 Å². The van der Waals surface area contributed by atoms with Crippen molar-refractivity contribution in [3.8, 4) is 0 Å². The lowest BCUT2D eigenvalue weighted by atomic mass is 10.0. The highest BCUT2D eigenvalue weighted by Gasteiger charge is 2.11. The van der Waals surface area contributed by atoms with Crippen molar-refractivity contribution >= 4 is 34.6 Å². The summed E-state index contributed by atoms with van der Waals surface area (Å²) in [5, 5.41) is 9.55. The van der Waals surface area contributed by atoms with Crippen LogP contribution in [0, 0.1) is 0 Å². The number of hydrogen-bond donors (Lipinski definition) is 1. The number of carbonyl (C=O) groups is 2. The van der Waals surface area contributed by atoms with Crippen LogP contribution < -0.4 is 0 Å². The molecule has 0 saturated heterocycles. The van der Waals surface area contributed by atoms with Crippen LogP contribution in [-0.2, 0) is 0 Å². The fraction of sp³-hybridized carbons (Fsp3) is 0.0526. The molecule has 0 fully saturated rings. The SMILES string of the molecule is O=C(O)c1cnc2ccccc2c1.O=C1CC=Nc2ccccc21. The minimum Gasteiger partial charge on any atom is -0.478 e. The van der Waals surface area contributed by atoms with Gasteiger partial charge in [0.2, 0.25) is 0 Å². The second-order valence-corrected chi connectivity index (χ2v) is 5.18. The first-order chi connectivity index (χ1) is 11.6. The smallest absolute Gasteiger partial charge is 0.337 e. The van der Waals surface area contributed by atoms with Crippen molar-refractivity contribution in [2.24, 2.45) is 4.99 Å². The van der Waals surface area contributed by atoms with Gasteiger partial charge in [0.15, 0.2) is 5.78 Å². The van der Waals surface area contributed by atoms with E-state index < -0.39 is 5.97 Å². The van der Waals surface area contributed by atoms with Gasteiger partial charge in [0.25, 0.3) is 0 Å². The van der Waals surface area contributed by atoms with Crippen LogP contribution in [0.3, 0.4) is 0 Å². The molecule has 1 aromatic heterocycles. The zero-order valence-corrected chi connectivity index (χ0v) is 12.7. The van der Waals surface area contributed by atoms with Gasteiger partial charge in [0.1, 0.15) is 0 Å². The summed E-state index contributed by atoms with van der Waals surface area (Å²) >= 11 is 0. The molecule has 1 aliphatic rings. The van der Waals surface area contributed by atoms with E-state index in [0.717, 1.165) is 22.2 Å². The molecule has 118 valence electrons. The number of ketones is 1. The fourth-order valence-electron chi connectivity index (χ4n) is 2.35. The third-order valence-corrected chi connectivity index (χ3v) is 3.55. The van der Waals surface area contributed by atoms with Gasteiger partial charge in [-0.2, -0.15) is 0 Å². The monoisotopic (exact) mass is 318 g/mol. The van der Waals surface area contributed by atoms with Crippen LogP contribution in [0.4, 0.5) is 5.69 Å². The van der Waals surface area contributed by atoms with Gasteiger partial charge >= 0.3 is 5.97 Å². The number of carbonyl (C=O) groups excluding carboxylic acids is 1. The topological polar surface area (TPSA) is 79.6 Å². The average molecular weight is 318 g/mol. The van der Waals surface area contributed by atoms with Gasteiger partial charge in [0, 0.05) is 29.8 Å². The Labute approximate surface area is 138 Å². The zero-order chi connectivity index (χ0) is 16.9. The number of para-hydroxylation sites is 2. The Kier molecular flexibility index (Phi) is 4.43. The van der Waals surface area contributed by atoms with Crippen molar-refractivity contribution in [3.05, 3.63) is 71.9 Å². The first-order valence-corrected chi connectivity index (χ1v) is 7.38. The number of rotatable bonds is 1. The van der Waals surface area contributed by atoms with Crippen LogP contribution in [0.5, 0.6) is 0 Å². The van der Waals surface area contributed by atoms with E-state index in [9.17, 15) is 9.59 Å². The lowest BCUT2D eigenvalue weighted by molar-refractivity contribution is 0.0696. The van der Waals surface area contributed by atoms with Gasteiger partial charge in [-0.15, -0.1) is 0 Å². The lowest BCUT2D eigenvalue weighted by Gasteiger charge is -2.06. The molecule has 0 atom stereocenters. The number of benzene rings is 2. The molecule has 0 saturated carbocycles. The molecular weight excluding hydrogens is 304 g/mol. The molecule has 1 aliphatic heterocycles. The summed E-state index contributed by atoms with van der Waals surface area (Å²) in [6, 6.07) is 16.4. The van der Waals surface area contributed by atoms with Crippen LogP contribution >= 0.6 is 0 Å². The summed E-state index contributed by atoms with van der Waals surface area (Å²) in [5.74, 6) is -0.783. The van der Waals surface area contributed by atoms with Crippen LogP contribution in [0.1, 0.15) is 27.1 Å². The van der Waals surface area contributed by atoms with Gasteiger partial charge in [0.05, 0.1) is 16.8 Å². The van der Waals surface area contributed by atoms with Gasteiger partial charge in [-0.05, 0) is 24.3 Å². The molecule has 24 heavy (non-hydrogen) atoms. The summed E-state index contributed by atoms with van der Waals surface area (Å²) in [5.41, 5.74) is 2.57. The Morgan fingerprint density at radius 1 is 1.04 bits per heavy atom. The first kappa shape index (κ1) is 15.6. The predicted octanol–water partition coefficient (Wildman–Crippen LogP) is 3.91. The largest absolute Gasteiger partial charge is 0.478 e. The molecule has 0 amide bonds. The Morgan fingerprint density at radius 3 is 2.58 bits per heavy atom. The number of pyridine rings is 1. The van der Waals surface area contributed by atoms with E-state index >= 15 is 0 Å². The van der Waals surface area contributed by atoms with Crippen LogP contribution in [0.25, 0.3) is 10.9 Å². The highest BCUT2D eigenvalue weighted by molar-refractivity contribution is 6.09. The van der Waals surface area contributed by atoms with Crippen molar-refractivity contribution in [3.63, 3.8) is 0 Å². The summed E-state index contributed by atoms with van der Waals surface area (Å²) in [6.07, 6.45) is 3.46. The van der Waals surface area contributed by atoms with E-state index in [4.69, 9.17) is 5.11 Å².